The number of hydrogen-bond acceptors (Lipinski definition) is 6. The number of likely N-dealkylation sites (tertiary alicyclic amines) is 1. The number of benzene rings is 1. The van der Waals surface area contributed by atoms with Crippen LogP contribution in [0.15, 0.2) is 64.9 Å². The van der Waals surface area contributed by atoms with Crippen molar-refractivity contribution in [1.29, 1.82) is 10.5 Å². The number of piperidine rings is 1. The first-order chi connectivity index (χ1) is 16.1. The molecule has 8 nitrogen and oxygen atoms in total. The molecule has 33 heavy (non-hydrogen) atoms. The zero-order chi connectivity index (χ0) is 22.9. The highest BCUT2D eigenvalue weighted by molar-refractivity contribution is 7.99. The molecule has 0 N–H and O–H groups in total. The van der Waals surface area contributed by atoms with E-state index in [2.05, 4.69) is 22.3 Å². The molecule has 9 heteroatoms. The fourth-order valence-electron chi connectivity index (χ4n) is 4.06. The van der Waals surface area contributed by atoms with Gasteiger partial charge in [-0.05, 0) is 24.6 Å². The average Bonchev–Trinajstić information content (AvgIpc) is 3.48. The molecule has 1 atom stereocenters. The molecule has 1 aromatic carbocycles. The largest absolute Gasteiger partial charge is 0.344 e. The molecule has 1 fully saturated rings. The third kappa shape index (κ3) is 3.84. The summed E-state index contributed by atoms with van der Waals surface area (Å²) in [6.45, 7) is 0.635. The molecule has 1 aliphatic rings. The van der Waals surface area contributed by atoms with Gasteiger partial charge in [0.05, 0.1) is 35.1 Å². The summed E-state index contributed by atoms with van der Waals surface area (Å²) in [6.07, 6.45) is 8.52. The monoisotopic (exact) mass is 453 g/mol. The second-order valence-corrected chi connectivity index (χ2v) is 9.03. The van der Waals surface area contributed by atoms with Gasteiger partial charge in [0.25, 0.3) is 0 Å². The lowest BCUT2D eigenvalue weighted by Gasteiger charge is -2.29. The van der Waals surface area contributed by atoms with Crippen LogP contribution < -0.4 is 0 Å². The third-order valence-electron chi connectivity index (χ3n) is 5.84. The minimum atomic E-state index is 0.136. The number of amides is 1. The van der Waals surface area contributed by atoms with E-state index < -0.39 is 0 Å². The van der Waals surface area contributed by atoms with E-state index >= 15 is 0 Å². The van der Waals surface area contributed by atoms with Gasteiger partial charge >= 0.3 is 0 Å². The highest BCUT2D eigenvalue weighted by atomic mass is 32.2. The Morgan fingerprint density at radius 3 is 2.64 bits per heavy atom. The first kappa shape index (κ1) is 20.8. The molecule has 0 bridgehead atoms. The number of nitrogens with zero attached hydrogens (tertiary/aromatic N) is 7. The van der Waals surface area contributed by atoms with E-state index in [9.17, 15) is 15.3 Å². The van der Waals surface area contributed by atoms with Gasteiger partial charge in [-0.25, -0.2) is 4.52 Å². The molecule has 0 radical (unpaired) electrons. The molecule has 4 aromatic rings. The van der Waals surface area contributed by atoms with E-state index in [0.717, 1.165) is 27.3 Å². The molecule has 0 unspecified atom stereocenters. The van der Waals surface area contributed by atoms with Gasteiger partial charge in [0.2, 0.25) is 5.91 Å². The van der Waals surface area contributed by atoms with Crippen LogP contribution in [0.25, 0.3) is 16.6 Å². The maximum absolute atomic E-state index is 11.8. The average molecular weight is 454 g/mol. The number of carbonyl (C=O) groups excluding carboxylic acids is 1. The normalized spacial score (nSPS) is 16.0. The fraction of sp³-hybridized carbons (Fsp3) is 0.208. The summed E-state index contributed by atoms with van der Waals surface area (Å²) in [5, 5.41) is 28.0. The minimum Gasteiger partial charge on any atom is -0.344 e. The molecule has 5 rings (SSSR count). The van der Waals surface area contributed by atoms with Crippen molar-refractivity contribution in [2.75, 3.05) is 13.6 Å². The van der Waals surface area contributed by atoms with Crippen LogP contribution in [0.4, 0.5) is 0 Å². The molecule has 162 valence electrons. The Morgan fingerprint density at radius 1 is 1.03 bits per heavy atom. The number of pyridine rings is 1. The van der Waals surface area contributed by atoms with E-state index in [4.69, 9.17) is 0 Å². The third-order valence-corrected chi connectivity index (χ3v) is 6.94. The summed E-state index contributed by atoms with van der Waals surface area (Å²) in [5.41, 5.74) is 3.58. The van der Waals surface area contributed by atoms with Gasteiger partial charge in [0.15, 0.2) is 0 Å². The number of nitriles is 2. The van der Waals surface area contributed by atoms with Crippen LogP contribution in [-0.2, 0) is 4.79 Å². The predicted octanol–water partition coefficient (Wildman–Crippen LogP) is 3.89. The smallest absolute Gasteiger partial charge is 0.222 e. The van der Waals surface area contributed by atoms with Crippen LogP contribution >= 0.6 is 11.8 Å². The molecular weight excluding hydrogens is 434 g/mol. The summed E-state index contributed by atoms with van der Waals surface area (Å²) < 4.78 is 3.62. The standard InChI is InChI=1S/C24H19N7OS/c1-29-15-20(6-7-23(29)32)30-14-19(12-27-30)17-8-22(24-18(10-26)11-28-31(24)13-17)33-21-5-3-2-4-16(21)9-25/h2-5,8,11-14,20H,6-7,15H2,1H3/t20-/m1/s1. The Kier molecular flexibility index (Phi) is 5.33. The van der Waals surface area contributed by atoms with Gasteiger partial charge in [-0.2, -0.15) is 20.7 Å². The van der Waals surface area contributed by atoms with Crippen molar-refractivity contribution >= 4 is 23.2 Å². The molecule has 4 heterocycles. The van der Waals surface area contributed by atoms with Crippen molar-refractivity contribution < 1.29 is 4.79 Å². The molecule has 1 amide bonds. The molecule has 0 spiro atoms. The van der Waals surface area contributed by atoms with E-state index in [1.807, 2.05) is 54.6 Å². The van der Waals surface area contributed by atoms with Crippen molar-refractivity contribution in [3.8, 4) is 23.3 Å². The Bertz CT molecular complexity index is 1460. The first-order valence-electron chi connectivity index (χ1n) is 10.4. The van der Waals surface area contributed by atoms with Crippen molar-refractivity contribution in [3.05, 3.63) is 66.2 Å². The van der Waals surface area contributed by atoms with Gasteiger partial charge in [-0.1, -0.05) is 23.9 Å². The van der Waals surface area contributed by atoms with E-state index in [1.54, 1.807) is 21.7 Å². The van der Waals surface area contributed by atoms with E-state index in [-0.39, 0.29) is 11.9 Å². The second kappa shape index (κ2) is 8.45. The summed E-state index contributed by atoms with van der Waals surface area (Å²) in [7, 11) is 1.82. The zero-order valence-corrected chi connectivity index (χ0v) is 18.7. The van der Waals surface area contributed by atoms with Gasteiger partial charge in [0, 0.05) is 53.3 Å². The van der Waals surface area contributed by atoms with Crippen molar-refractivity contribution in [2.24, 2.45) is 0 Å². The lowest BCUT2D eigenvalue weighted by molar-refractivity contribution is -0.133. The molecule has 0 saturated carbocycles. The van der Waals surface area contributed by atoms with Gasteiger partial charge < -0.3 is 4.90 Å². The van der Waals surface area contributed by atoms with Crippen molar-refractivity contribution in [3.63, 3.8) is 0 Å². The molecular formula is C24H19N7OS. The zero-order valence-electron chi connectivity index (χ0n) is 17.8. The lowest BCUT2D eigenvalue weighted by Crippen LogP contribution is -2.38. The van der Waals surface area contributed by atoms with Crippen LogP contribution in [0.1, 0.15) is 30.0 Å². The molecule has 3 aromatic heterocycles. The maximum atomic E-state index is 11.8. The number of rotatable bonds is 4. The lowest BCUT2D eigenvalue weighted by atomic mass is 10.1. The predicted molar refractivity (Wildman–Crippen MR) is 122 cm³/mol. The first-order valence-corrected chi connectivity index (χ1v) is 11.3. The summed E-state index contributed by atoms with van der Waals surface area (Å²) in [4.78, 5) is 15.2. The summed E-state index contributed by atoms with van der Waals surface area (Å²) in [6, 6.07) is 14.0. The maximum Gasteiger partial charge on any atom is 0.222 e. The number of aromatic nitrogens is 4. The molecule has 0 aliphatic carbocycles. The second-order valence-electron chi connectivity index (χ2n) is 7.94. The highest BCUT2D eigenvalue weighted by Crippen LogP contribution is 2.37. The minimum absolute atomic E-state index is 0.136. The van der Waals surface area contributed by atoms with Gasteiger partial charge in [-0.3, -0.25) is 9.48 Å². The van der Waals surface area contributed by atoms with Crippen LogP contribution in [0.2, 0.25) is 0 Å². The van der Waals surface area contributed by atoms with Crippen molar-refractivity contribution in [2.45, 2.75) is 28.7 Å². The summed E-state index contributed by atoms with van der Waals surface area (Å²) >= 11 is 1.44. The van der Waals surface area contributed by atoms with Gasteiger partial charge in [0.1, 0.15) is 12.1 Å². The Labute approximate surface area is 194 Å². The molecule has 1 aliphatic heterocycles. The Balaban J connectivity index is 1.55. The topological polar surface area (TPSA) is 103 Å². The molecule has 1 saturated heterocycles. The quantitative estimate of drug-likeness (QED) is 0.464. The summed E-state index contributed by atoms with van der Waals surface area (Å²) in [5.74, 6) is 0.162. The number of carbonyl (C=O) groups is 1. The number of fused-ring (bicyclic) bond motifs is 1. The number of likely N-dealkylation sites (N-methyl/N-ethyl adjacent to an activating group) is 1. The Morgan fingerprint density at radius 2 is 1.85 bits per heavy atom. The van der Waals surface area contributed by atoms with Crippen molar-refractivity contribution in [1.82, 2.24) is 24.3 Å². The van der Waals surface area contributed by atoms with Crippen LogP contribution in [0.3, 0.4) is 0 Å². The van der Waals surface area contributed by atoms with E-state index in [0.29, 0.717) is 29.6 Å². The number of hydrogen-bond donors (Lipinski definition) is 0. The Hall–Kier alpha value is -4.08. The van der Waals surface area contributed by atoms with Crippen LogP contribution in [0, 0.1) is 22.7 Å². The van der Waals surface area contributed by atoms with Crippen LogP contribution in [0.5, 0.6) is 0 Å². The van der Waals surface area contributed by atoms with Gasteiger partial charge in [-0.15, -0.1) is 0 Å². The van der Waals surface area contributed by atoms with E-state index in [1.165, 1.54) is 11.8 Å². The van der Waals surface area contributed by atoms with Crippen LogP contribution in [-0.4, -0.2) is 43.8 Å². The fourth-order valence-corrected chi connectivity index (χ4v) is 5.15. The SMILES string of the molecule is CN1C[C@H](n2cc(-c3cc(Sc4ccccc4C#N)c4c(C#N)cnn4c3)cn2)CCC1=O. The highest BCUT2D eigenvalue weighted by Gasteiger charge is 2.25.